The number of carbonyl (C=O) groups is 2. The highest BCUT2D eigenvalue weighted by Gasteiger charge is 2.43. The molecule has 0 bridgehead atoms. The summed E-state index contributed by atoms with van der Waals surface area (Å²) in [6.45, 7) is 7.57. The van der Waals surface area contributed by atoms with Crippen molar-refractivity contribution in [3.8, 4) is 0 Å². The minimum absolute atomic E-state index is 0.00698. The molecule has 202 valence electrons. The summed E-state index contributed by atoms with van der Waals surface area (Å²) in [4.78, 5) is 49.1. The second kappa shape index (κ2) is 10.8. The minimum atomic E-state index is -0.892. The number of amides is 2. The summed E-state index contributed by atoms with van der Waals surface area (Å²) in [5.41, 5.74) is 0.305. The number of benzene rings is 1. The van der Waals surface area contributed by atoms with Gasteiger partial charge in [-0.05, 0) is 82.3 Å². The predicted molar refractivity (Wildman–Crippen MR) is 145 cm³/mol. The lowest BCUT2D eigenvalue weighted by Gasteiger charge is -2.33. The van der Waals surface area contributed by atoms with Crippen LogP contribution in [0.25, 0.3) is 10.9 Å². The van der Waals surface area contributed by atoms with E-state index in [0.29, 0.717) is 42.6 Å². The SMILES string of the molecule is Cc1c(NC(=O)OC(C)(C)C)ccc2nc(NC3(C(=O)N(C)CCc4ccncc4)CCCC3)oc(=O)c12. The van der Waals surface area contributed by atoms with Crippen molar-refractivity contribution in [3.05, 3.63) is 58.2 Å². The number of aromatic nitrogens is 2. The van der Waals surface area contributed by atoms with E-state index in [4.69, 9.17) is 9.15 Å². The fraction of sp³-hybridized carbons (Fsp3) is 0.464. The molecule has 1 saturated carbocycles. The van der Waals surface area contributed by atoms with E-state index in [1.54, 1.807) is 64.2 Å². The van der Waals surface area contributed by atoms with Crippen molar-refractivity contribution in [1.82, 2.24) is 14.9 Å². The number of anilines is 2. The van der Waals surface area contributed by atoms with Crippen molar-refractivity contribution in [2.45, 2.75) is 70.9 Å². The number of hydrogen-bond donors (Lipinski definition) is 2. The number of rotatable bonds is 7. The van der Waals surface area contributed by atoms with Crippen molar-refractivity contribution < 1.29 is 18.7 Å². The van der Waals surface area contributed by atoms with Crippen molar-refractivity contribution in [1.29, 1.82) is 0 Å². The number of hydrogen-bond acceptors (Lipinski definition) is 8. The van der Waals surface area contributed by atoms with Crippen LogP contribution in [0.5, 0.6) is 0 Å². The fourth-order valence-corrected chi connectivity index (χ4v) is 4.81. The maximum atomic E-state index is 13.6. The van der Waals surface area contributed by atoms with Crippen LogP contribution in [0, 0.1) is 6.92 Å². The molecule has 2 heterocycles. The molecule has 1 aliphatic carbocycles. The van der Waals surface area contributed by atoms with Gasteiger partial charge in [0.2, 0.25) is 5.91 Å². The smallest absolute Gasteiger partial charge is 0.412 e. The maximum Gasteiger partial charge on any atom is 0.412 e. The zero-order valence-electron chi connectivity index (χ0n) is 22.6. The van der Waals surface area contributed by atoms with Gasteiger partial charge in [0, 0.05) is 31.7 Å². The Bertz CT molecular complexity index is 1370. The molecule has 10 heteroatoms. The van der Waals surface area contributed by atoms with Crippen LogP contribution in [-0.2, 0) is 16.0 Å². The van der Waals surface area contributed by atoms with Crippen molar-refractivity contribution in [2.75, 3.05) is 24.2 Å². The van der Waals surface area contributed by atoms with Gasteiger partial charge < -0.3 is 19.4 Å². The van der Waals surface area contributed by atoms with Gasteiger partial charge in [-0.15, -0.1) is 0 Å². The molecule has 0 spiro atoms. The van der Waals surface area contributed by atoms with E-state index in [2.05, 4.69) is 20.6 Å². The van der Waals surface area contributed by atoms with Crippen LogP contribution in [0.4, 0.5) is 16.5 Å². The number of aryl methyl sites for hydroxylation is 1. The lowest BCUT2D eigenvalue weighted by Crippen LogP contribution is -2.51. The Morgan fingerprint density at radius 3 is 2.47 bits per heavy atom. The Morgan fingerprint density at radius 1 is 1.13 bits per heavy atom. The Morgan fingerprint density at radius 2 is 1.82 bits per heavy atom. The largest absolute Gasteiger partial charge is 0.444 e. The summed E-state index contributed by atoms with van der Waals surface area (Å²) in [5.74, 6) is -0.0540. The quantitative estimate of drug-likeness (QED) is 0.460. The van der Waals surface area contributed by atoms with Crippen molar-refractivity contribution in [3.63, 3.8) is 0 Å². The van der Waals surface area contributed by atoms with Crippen molar-refractivity contribution in [2.24, 2.45) is 0 Å². The number of carbonyl (C=O) groups excluding carboxylic acids is 2. The summed E-state index contributed by atoms with van der Waals surface area (Å²) in [7, 11) is 1.79. The van der Waals surface area contributed by atoms with E-state index in [9.17, 15) is 14.4 Å². The Labute approximate surface area is 221 Å². The predicted octanol–water partition coefficient (Wildman–Crippen LogP) is 4.66. The Kier molecular flexibility index (Phi) is 7.71. The van der Waals surface area contributed by atoms with Gasteiger partial charge in [0.15, 0.2) is 0 Å². The third-order valence-electron chi connectivity index (χ3n) is 6.74. The second-order valence-electron chi connectivity index (χ2n) is 10.8. The normalized spacial score (nSPS) is 14.8. The molecule has 1 aromatic carbocycles. The van der Waals surface area contributed by atoms with E-state index >= 15 is 0 Å². The molecule has 0 aliphatic heterocycles. The Hall–Kier alpha value is -3.95. The van der Waals surface area contributed by atoms with E-state index in [1.165, 1.54) is 0 Å². The highest BCUT2D eigenvalue weighted by molar-refractivity contribution is 5.93. The zero-order valence-corrected chi connectivity index (χ0v) is 22.6. The number of ether oxygens (including phenoxy) is 1. The number of fused-ring (bicyclic) bond motifs is 1. The van der Waals surface area contributed by atoms with E-state index in [1.807, 2.05) is 12.1 Å². The molecule has 0 atom stereocenters. The first-order chi connectivity index (χ1) is 18.0. The van der Waals surface area contributed by atoms with Gasteiger partial charge in [0.05, 0.1) is 10.9 Å². The highest BCUT2D eigenvalue weighted by atomic mass is 16.6. The molecule has 2 aromatic heterocycles. The monoisotopic (exact) mass is 521 g/mol. The summed E-state index contributed by atoms with van der Waals surface area (Å²) in [5, 5.41) is 6.12. The zero-order chi connectivity index (χ0) is 27.5. The summed E-state index contributed by atoms with van der Waals surface area (Å²) < 4.78 is 10.9. The van der Waals surface area contributed by atoms with Gasteiger partial charge in [0.25, 0.3) is 6.01 Å². The first-order valence-corrected chi connectivity index (χ1v) is 12.8. The van der Waals surface area contributed by atoms with Gasteiger partial charge >= 0.3 is 11.7 Å². The van der Waals surface area contributed by atoms with Gasteiger partial charge in [0.1, 0.15) is 11.1 Å². The first kappa shape index (κ1) is 27.1. The molecule has 38 heavy (non-hydrogen) atoms. The summed E-state index contributed by atoms with van der Waals surface area (Å²) in [6.07, 6.45) is 6.57. The first-order valence-electron chi connectivity index (χ1n) is 12.8. The second-order valence-corrected chi connectivity index (χ2v) is 10.8. The molecule has 0 saturated heterocycles. The van der Waals surface area contributed by atoms with Gasteiger partial charge in [-0.3, -0.25) is 15.1 Å². The molecule has 1 fully saturated rings. The van der Waals surface area contributed by atoms with E-state index in [-0.39, 0.29) is 17.3 Å². The number of nitrogens with one attached hydrogen (secondary N) is 2. The molecular formula is C28H35N5O5. The molecule has 10 nitrogen and oxygen atoms in total. The van der Waals surface area contributed by atoms with Crippen LogP contribution in [0.1, 0.15) is 57.6 Å². The molecule has 0 unspecified atom stereocenters. The van der Waals surface area contributed by atoms with Crippen LogP contribution in [0.3, 0.4) is 0 Å². The standard InChI is InChI=1S/C28H35N5O5/c1-18-20(31-26(36)38-27(2,3)4)8-9-21-22(18)23(34)37-25(30-21)32-28(13-6-7-14-28)24(35)33(5)17-12-19-10-15-29-16-11-19/h8-11,15-16H,6-7,12-14,17H2,1-5H3,(H,30,32)(H,31,36). The van der Waals surface area contributed by atoms with Crippen LogP contribution >= 0.6 is 0 Å². The fourth-order valence-electron chi connectivity index (χ4n) is 4.81. The van der Waals surface area contributed by atoms with Gasteiger partial charge in [-0.1, -0.05) is 12.8 Å². The molecular weight excluding hydrogens is 486 g/mol. The summed E-state index contributed by atoms with van der Waals surface area (Å²) >= 11 is 0. The van der Waals surface area contributed by atoms with E-state index < -0.39 is 22.9 Å². The van der Waals surface area contributed by atoms with Crippen LogP contribution in [-0.4, -0.2) is 51.6 Å². The van der Waals surface area contributed by atoms with Crippen LogP contribution < -0.4 is 16.3 Å². The van der Waals surface area contributed by atoms with Gasteiger partial charge in [-0.25, -0.2) is 9.59 Å². The molecule has 1 aliphatic rings. The highest BCUT2D eigenvalue weighted by Crippen LogP contribution is 2.35. The average Bonchev–Trinajstić information content (AvgIpc) is 3.32. The van der Waals surface area contributed by atoms with Crippen molar-refractivity contribution >= 4 is 34.6 Å². The lowest BCUT2D eigenvalue weighted by molar-refractivity contribution is -0.134. The topological polar surface area (TPSA) is 127 Å². The van der Waals surface area contributed by atoms with E-state index in [0.717, 1.165) is 18.4 Å². The van der Waals surface area contributed by atoms with Gasteiger partial charge in [-0.2, -0.15) is 4.98 Å². The molecule has 4 rings (SSSR count). The number of likely N-dealkylation sites (N-methyl/N-ethyl adjacent to an activating group) is 1. The molecule has 2 N–H and O–H groups in total. The third kappa shape index (κ3) is 6.12. The average molecular weight is 522 g/mol. The molecule has 0 radical (unpaired) electrons. The van der Waals surface area contributed by atoms with Crippen LogP contribution in [0.2, 0.25) is 0 Å². The molecule has 2 amide bonds. The number of nitrogens with zero attached hydrogens (tertiary/aromatic N) is 3. The summed E-state index contributed by atoms with van der Waals surface area (Å²) in [6, 6.07) is 7.19. The Balaban J connectivity index is 1.55. The maximum absolute atomic E-state index is 13.6. The third-order valence-corrected chi connectivity index (χ3v) is 6.74. The van der Waals surface area contributed by atoms with Crippen LogP contribution in [0.15, 0.2) is 45.9 Å². The molecule has 3 aromatic rings. The minimum Gasteiger partial charge on any atom is -0.444 e. The lowest BCUT2D eigenvalue weighted by atomic mass is 9.95. The number of pyridine rings is 1.